The predicted octanol–water partition coefficient (Wildman–Crippen LogP) is 0.980. The number of sulfonamides is 1. The van der Waals surface area contributed by atoms with Gasteiger partial charge < -0.3 is 4.74 Å². The summed E-state index contributed by atoms with van der Waals surface area (Å²) in [5.41, 5.74) is 5.86. The maximum atomic E-state index is 12.3. The maximum absolute atomic E-state index is 12.3. The molecule has 0 aromatic heterocycles. The molecule has 9 heteroatoms. The molecule has 0 bridgehead atoms. The smallest absolute Gasteiger partial charge is 0.273 e. The molecule has 0 atom stereocenters. The van der Waals surface area contributed by atoms with E-state index in [1.165, 1.54) is 19.2 Å². The van der Waals surface area contributed by atoms with Gasteiger partial charge >= 0.3 is 0 Å². The van der Waals surface area contributed by atoms with Crippen LogP contribution in [-0.2, 0) is 16.4 Å². The van der Waals surface area contributed by atoms with Crippen LogP contribution in [0.4, 0.5) is 0 Å². The highest BCUT2D eigenvalue weighted by Crippen LogP contribution is 2.21. The fourth-order valence-corrected chi connectivity index (χ4v) is 2.73. The molecule has 0 aliphatic carbocycles. The molecule has 0 saturated heterocycles. The van der Waals surface area contributed by atoms with E-state index < -0.39 is 21.8 Å². The van der Waals surface area contributed by atoms with Gasteiger partial charge in [0.05, 0.1) is 17.6 Å². The first-order chi connectivity index (χ1) is 12.3. The molecule has 26 heavy (non-hydrogen) atoms. The van der Waals surface area contributed by atoms with Crippen molar-refractivity contribution >= 4 is 21.8 Å². The Balaban J connectivity index is 2.15. The van der Waals surface area contributed by atoms with Crippen molar-refractivity contribution in [2.75, 3.05) is 7.11 Å². The second-order valence-electron chi connectivity index (χ2n) is 5.37. The zero-order valence-corrected chi connectivity index (χ0v) is 15.1. The number of hydrogen-bond donors (Lipinski definition) is 3. The molecule has 0 aliphatic rings. The molecular weight excluding hydrogens is 358 g/mol. The maximum Gasteiger partial charge on any atom is 0.273 e. The van der Waals surface area contributed by atoms with E-state index in [1.54, 1.807) is 12.1 Å². The van der Waals surface area contributed by atoms with Gasteiger partial charge in [0.1, 0.15) is 5.75 Å². The van der Waals surface area contributed by atoms with E-state index in [9.17, 15) is 18.0 Å². The van der Waals surface area contributed by atoms with E-state index in [1.807, 2.05) is 19.1 Å². The number of aryl methyl sites for hydroxylation is 1. The highest BCUT2D eigenvalue weighted by atomic mass is 32.2. The van der Waals surface area contributed by atoms with Gasteiger partial charge in [0, 0.05) is 5.56 Å². The molecule has 0 spiro atoms. The molecule has 0 unspecified atom stereocenters. The zero-order chi connectivity index (χ0) is 19.3. The molecule has 0 heterocycles. The lowest BCUT2D eigenvalue weighted by molar-refractivity contribution is 0.0844. The Morgan fingerprint density at radius 2 is 1.65 bits per heavy atom. The number of methoxy groups -OCH3 is 1. The summed E-state index contributed by atoms with van der Waals surface area (Å²) in [4.78, 5) is 24.1. The van der Waals surface area contributed by atoms with Gasteiger partial charge in [0.2, 0.25) is 10.0 Å². The van der Waals surface area contributed by atoms with Gasteiger partial charge in [-0.15, -0.1) is 0 Å². The number of amides is 2. The highest BCUT2D eigenvalue weighted by Gasteiger charge is 2.18. The first kappa shape index (κ1) is 19.4. The SMILES string of the molecule is CCc1ccc(C(=O)NNC(=O)c2cc(S(N)(=O)=O)ccc2OC)cc1. The standard InChI is InChI=1S/C17H19N3O5S/c1-3-11-4-6-12(7-5-11)16(21)19-20-17(22)14-10-13(26(18,23)24)8-9-15(14)25-2/h4-10H,3H2,1-2H3,(H,19,21)(H,20,22)(H2,18,23,24). The normalized spacial score (nSPS) is 10.9. The first-order valence-corrected chi connectivity index (χ1v) is 9.21. The van der Waals surface area contributed by atoms with Crippen molar-refractivity contribution in [1.82, 2.24) is 10.9 Å². The fraction of sp³-hybridized carbons (Fsp3) is 0.176. The van der Waals surface area contributed by atoms with Crippen LogP contribution in [0.2, 0.25) is 0 Å². The van der Waals surface area contributed by atoms with Gasteiger partial charge in [0.15, 0.2) is 0 Å². The number of benzene rings is 2. The average Bonchev–Trinajstić information content (AvgIpc) is 2.64. The third-order valence-electron chi connectivity index (χ3n) is 3.66. The lowest BCUT2D eigenvalue weighted by Gasteiger charge is -2.11. The molecule has 0 saturated carbocycles. The van der Waals surface area contributed by atoms with Crippen molar-refractivity contribution in [2.24, 2.45) is 5.14 Å². The van der Waals surface area contributed by atoms with Gasteiger partial charge in [-0.05, 0) is 42.3 Å². The first-order valence-electron chi connectivity index (χ1n) is 7.66. The Morgan fingerprint density at radius 1 is 1.04 bits per heavy atom. The quantitative estimate of drug-likeness (QED) is 0.669. The summed E-state index contributed by atoms with van der Waals surface area (Å²) in [6, 6.07) is 10.5. The largest absolute Gasteiger partial charge is 0.496 e. The van der Waals surface area contributed by atoms with E-state index in [4.69, 9.17) is 9.88 Å². The van der Waals surface area contributed by atoms with Gasteiger partial charge in [-0.1, -0.05) is 19.1 Å². The van der Waals surface area contributed by atoms with Crippen LogP contribution >= 0.6 is 0 Å². The summed E-state index contributed by atoms with van der Waals surface area (Å²) in [6.07, 6.45) is 0.846. The summed E-state index contributed by atoms with van der Waals surface area (Å²) >= 11 is 0. The lowest BCUT2D eigenvalue weighted by atomic mass is 10.1. The number of ether oxygens (including phenoxy) is 1. The van der Waals surface area contributed by atoms with E-state index in [2.05, 4.69) is 10.9 Å². The number of hydrogen-bond acceptors (Lipinski definition) is 5. The van der Waals surface area contributed by atoms with Gasteiger partial charge in [-0.25, -0.2) is 13.6 Å². The van der Waals surface area contributed by atoms with Gasteiger partial charge in [-0.3, -0.25) is 20.4 Å². The molecule has 2 amide bonds. The van der Waals surface area contributed by atoms with E-state index in [0.717, 1.165) is 18.1 Å². The van der Waals surface area contributed by atoms with Crippen molar-refractivity contribution < 1.29 is 22.7 Å². The van der Waals surface area contributed by atoms with Crippen molar-refractivity contribution in [1.29, 1.82) is 0 Å². The predicted molar refractivity (Wildman–Crippen MR) is 95.1 cm³/mol. The van der Waals surface area contributed by atoms with Gasteiger partial charge in [0.25, 0.3) is 11.8 Å². The monoisotopic (exact) mass is 377 g/mol. The van der Waals surface area contributed by atoms with Crippen LogP contribution < -0.4 is 20.7 Å². The Kier molecular flexibility index (Phi) is 5.96. The minimum atomic E-state index is -3.99. The van der Waals surface area contributed by atoms with E-state index in [0.29, 0.717) is 5.56 Å². The van der Waals surface area contributed by atoms with Crippen molar-refractivity contribution in [3.63, 3.8) is 0 Å². The third kappa shape index (κ3) is 4.58. The minimum Gasteiger partial charge on any atom is -0.496 e. The van der Waals surface area contributed by atoms with E-state index >= 15 is 0 Å². The minimum absolute atomic E-state index is 0.0827. The molecule has 2 rings (SSSR count). The number of carbonyl (C=O) groups is 2. The molecule has 0 aliphatic heterocycles. The average molecular weight is 377 g/mol. The highest BCUT2D eigenvalue weighted by molar-refractivity contribution is 7.89. The fourth-order valence-electron chi connectivity index (χ4n) is 2.19. The molecule has 2 aromatic carbocycles. The van der Waals surface area contributed by atoms with Crippen LogP contribution in [0.1, 0.15) is 33.2 Å². The van der Waals surface area contributed by atoms with Crippen LogP contribution in [0.25, 0.3) is 0 Å². The van der Waals surface area contributed by atoms with Crippen LogP contribution in [0.15, 0.2) is 47.4 Å². The summed E-state index contributed by atoms with van der Waals surface area (Å²) < 4.78 is 27.9. The van der Waals surface area contributed by atoms with Crippen LogP contribution in [0.3, 0.4) is 0 Å². The number of nitrogens with two attached hydrogens (primary N) is 1. The molecule has 0 radical (unpaired) electrons. The summed E-state index contributed by atoms with van der Waals surface area (Å²) in [6.45, 7) is 2.00. The van der Waals surface area contributed by atoms with Crippen molar-refractivity contribution in [3.8, 4) is 5.75 Å². The molecule has 138 valence electrons. The van der Waals surface area contributed by atoms with Crippen LogP contribution in [0, 0.1) is 0 Å². The Labute approximate surface area is 151 Å². The molecule has 8 nitrogen and oxygen atoms in total. The summed E-state index contributed by atoms with van der Waals surface area (Å²) in [5, 5.41) is 5.07. The van der Waals surface area contributed by atoms with Crippen LogP contribution in [0.5, 0.6) is 5.75 Å². The Hall–Kier alpha value is -2.91. The number of primary sulfonamides is 1. The molecule has 2 aromatic rings. The number of hydrazine groups is 1. The van der Waals surface area contributed by atoms with Crippen molar-refractivity contribution in [2.45, 2.75) is 18.2 Å². The second kappa shape index (κ2) is 7.98. The topological polar surface area (TPSA) is 128 Å². The van der Waals surface area contributed by atoms with Gasteiger partial charge in [-0.2, -0.15) is 0 Å². The summed E-state index contributed by atoms with van der Waals surface area (Å²) in [5.74, 6) is -1.12. The number of rotatable bonds is 5. The zero-order valence-electron chi connectivity index (χ0n) is 14.3. The molecule has 0 fully saturated rings. The lowest BCUT2D eigenvalue weighted by Crippen LogP contribution is -2.41. The summed E-state index contributed by atoms with van der Waals surface area (Å²) in [7, 11) is -2.66. The number of nitrogens with one attached hydrogen (secondary N) is 2. The second-order valence-corrected chi connectivity index (χ2v) is 6.93. The number of carbonyl (C=O) groups excluding carboxylic acids is 2. The third-order valence-corrected chi connectivity index (χ3v) is 4.57. The van der Waals surface area contributed by atoms with Crippen LogP contribution in [-0.4, -0.2) is 27.3 Å². The Bertz CT molecular complexity index is 924. The Morgan fingerprint density at radius 3 is 2.19 bits per heavy atom. The molecular formula is C17H19N3O5S. The molecule has 4 N–H and O–H groups in total. The van der Waals surface area contributed by atoms with Crippen molar-refractivity contribution in [3.05, 3.63) is 59.2 Å². The van der Waals surface area contributed by atoms with E-state index in [-0.39, 0.29) is 16.2 Å².